The van der Waals surface area contributed by atoms with E-state index in [1.165, 1.54) is 44.5 Å². The molecule has 4 heterocycles. The molecule has 4 aliphatic rings. The fraction of sp³-hybridized carbons (Fsp3) is 0.727. The van der Waals surface area contributed by atoms with Crippen LogP contribution in [-0.4, -0.2) is 69.3 Å². The molecular weight excluding hydrogens is 366 g/mol. The van der Waals surface area contributed by atoms with Crippen LogP contribution in [0, 0.1) is 11.8 Å². The van der Waals surface area contributed by atoms with Gasteiger partial charge in [-0.15, -0.1) is 0 Å². The Bertz CT molecular complexity index is 751. The molecule has 1 aliphatic carbocycles. The van der Waals surface area contributed by atoms with Gasteiger partial charge in [-0.2, -0.15) is 0 Å². The summed E-state index contributed by atoms with van der Waals surface area (Å²) in [5.41, 5.74) is 0.332. The van der Waals surface area contributed by atoms with Crippen LogP contribution in [0.1, 0.15) is 61.9 Å². The second kappa shape index (κ2) is 8.01. The van der Waals surface area contributed by atoms with E-state index in [1.54, 1.807) is 6.20 Å². The molecule has 29 heavy (non-hydrogen) atoms. The Morgan fingerprint density at radius 2 is 1.93 bits per heavy atom. The molecule has 0 aromatic carbocycles. The number of rotatable bonds is 4. The van der Waals surface area contributed by atoms with Crippen LogP contribution in [0.5, 0.6) is 0 Å². The van der Waals surface area contributed by atoms with Crippen LogP contribution in [0.2, 0.25) is 0 Å². The minimum Gasteiger partial charge on any atom is -0.349 e. The van der Waals surface area contributed by atoms with Crippen LogP contribution in [0.4, 0.5) is 0 Å². The van der Waals surface area contributed by atoms with Crippen molar-refractivity contribution in [2.24, 2.45) is 11.8 Å². The summed E-state index contributed by atoms with van der Waals surface area (Å²) in [5.74, 6) is 1.11. The molecule has 0 spiro atoms. The van der Waals surface area contributed by atoms with Crippen LogP contribution >= 0.6 is 0 Å². The fourth-order valence-corrected chi connectivity index (χ4v) is 6.35. The van der Waals surface area contributed by atoms with E-state index < -0.39 is 0 Å². The number of aromatic nitrogens is 2. The molecule has 0 radical (unpaired) electrons. The van der Waals surface area contributed by atoms with E-state index in [0.717, 1.165) is 32.0 Å². The van der Waals surface area contributed by atoms with E-state index >= 15 is 0 Å². The van der Waals surface area contributed by atoms with Gasteiger partial charge < -0.3 is 10.2 Å². The molecule has 7 nitrogen and oxygen atoms in total. The minimum absolute atomic E-state index is 0.0916. The van der Waals surface area contributed by atoms with Crippen molar-refractivity contribution in [2.45, 2.75) is 69.5 Å². The molecule has 2 bridgehead atoms. The summed E-state index contributed by atoms with van der Waals surface area (Å²) in [6.45, 7) is 2.71. The average Bonchev–Trinajstić information content (AvgIpc) is 3.29. The first-order valence-electron chi connectivity index (χ1n) is 11.3. The number of likely N-dealkylation sites (tertiary alicyclic amines) is 1. The molecule has 3 saturated heterocycles. The average molecular weight is 398 g/mol. The maximum Gasteiger partial charge on any atom is 0.271 e. The Hall–Kier alpha value is -2.02. The van der Waals surface area contributed by atoms with Gasteiger partial charge in [0.05, 0.1) is 12.2 Å². The summed E-state index contributed by atoms with van der Waals surface area (Å²) in [7, 11) is 0. The third-order valence-electron chi connectivity index (χ3n) is 7.63. The Morgan fingerprint density at radius 1 is 1.10 bits per heavy atom. The van der Waals surface area contributed by atoms with E-state index in [-0.39, 0.29) is 17.9 Å². The summed E-state index contributed by atoms with van der Waals surface area (Å²) in [6, 6.07) is 1.16. The summed E-state index contributed by atoms with van der Waals surface area (Å²) in [6.07, 6.45) is 13.9. The van der Waals surface area contributed by atoms with Crippen molar-refractivity contribution in [1.82, 2.24) is 25.1 Å². The van der Waals surface area contributed by atoms with Gasteiger partial charge in [-0.25, -0.2) is 4.98 Å². The van der Waals surface area contributed by atoms with Crippen molar-refractivity contribution in [2.75, 3.05) is 19.6 Å². The monoisotopic (exact) mass is 397 g/mol. The molecule has 3 aliphatic heterocycles. The number of carbonyl (C=O) groups is 2. The first kappa shape index (κ1) is 19.0. The number of hydrogen-bond acceptors (Lipinski definition) is 5. The molecule has 1 aromatic heterocycles. The number of piperidine rings is 3. The van der Waals surface area contributed by atoms with Crippen LogP contribution in [-0.2, 0) is 4.79 Å². The second-order valence-corrected chi connectivity index (χ2v) is 9.28. The van der Waals surface area contributed by atoms with Gasteiger partial charge in [-0.3, -0.25) is 19.5 Å². The van der Waals surface area contributed by atoms with Crippen molar-refractivity contribution in [3.8, 4) is 0 Å². The first-order valence-corrected chi connectivity index (χ1v) is 11.3. The Kier molecular flexibility index (Phi) is 5.24. The predicted molar refractivity (Wildman–Crippen MR) is 108 cm³/mol. The van der Waals surface area contributed by atoms with Crippen molar-refractivity contribution in [1.29, 1.82) is 0 Å². The maximum atomic E-state index is 12.9. The fourth-order valence-electron chi connectivity index (χ4n) is 6.35. The zero-order valence-electron chi connectivity index (χ0n) is 17.0. The molecule has 5 rings (SSSR count). The lowest BCUT2D eigenvalue weighted by atomic mass is 9.71. The lowest BCUT2D eigenvalue weighted by Crippen LogP contribution is -2.67. The minimum atomic E-state index is -0.204. The van der Waals surface area contributed by atoms with Crippen molar-refractivity contribution < 1.29 is 9.59 Å². The van der Waals surface area contributed by atoms with E-state index in [9.17, 15) is 9.59 Å². The van der Waals surface area contributed by atoms with Crippen LogP contribution in [0.25, 0.3) is 0 Å². The summed E-state index contributed by atoms with van der Waals surface area (Å²) in [4.78, 5) is 38.4. The summed E-state index contributed by atoms with van der Waals surface area (Å²) >= 11 is 0. The first-order chi connectivity index (χ1) is 14.2. The Balaban J connectivity index is 1.34. The number of fused-ring (bicyclic) bond motifs is 4. The molecule has 1 saturated carbocycles. The van der Waals surface area contributed by atoms with Gasteiger partial charge in [-0.1, -0.05) is 12.8 Å². The molecule has 156 valence electrons. The van der Waals surface area contributed by atoms with Crippen LogP contribution in [0.3, 0.4) is 0 Å². The normalized spacial score (nSPS) is 32.8. The molecule has 7 heteroatoms. The standard InChI is InChI=1S/C22H31N5O2/c28-21-7-3-6-19-15-10-16(14-26(13-15)17-4-1-2-5-17)20(27(19)21)12-25-22(29)18-11-23-8-9-24-18/h8-9,11,15-17,19-20H,1-7,10,12-14H2,(H,25,29)/t15-,16+,19+,20+/m1/s1. The molecule has 0 unspecified atom stereocenters. The number of nitrogens with one attached hydrogen (secondary N) is 1. The zero-order chi connectivity index (χ0) is 19.8. The van der Waals surface area contributed by atoms with Gasteiger partial charge in [0.2, 0.25) is 5.91 Å². The summed E-state index contributed by atoms with van der Waals surface area (Å²) in [5, 5.41) is 3.06. The van der Waals surface area contributed by atoms with Gasteiger partial charge in [0.15, 0.2) is 0 Å². The van der Waals surface area contributed by atoms with E-state index in [0.29, 0.717) is 36.5 Å². The van der Waals surface area contributed by atoms with Gasteiger partial charge in [0.25, 0.3) is 5.91 Å². The second-order valence-electron chi connectivity index (χ2n) is 9.28. The highest BCUT2D eigenvalue weighted by Crippen LogP contribution is 2.43. The highest BCUT2D eigenvalue weighted by atomic mass is 16.2. The number of nitrogens with zero attached hydrogens (tertiary/aromatic N) is 4. The smallest absolute Gasteiger partial charge is 0.271 e. The van der Waals surface area contributed by atoms with E-state index in [4.69, 9.17) is 0 Å². The van der Waals surface area contributed by atoms with Crippen LogP contribution < -0.4 is 5.32 Å². The van der Waals surface area contributed by atoms with Gasteiger partial charge in [0.1, 0.15) is 5.69 Å². The van der Waals surface area contributed by atoms with Crippen molar-refractivity contribution >= 4 is 11.8 Å². The quantitative estimate of drug-likeness (QED) is 0.839. The molecular formula is C22H31N5O2. The molecule has 4 fully saturated rings. The summed E-state index contributed by atoms with van der Waals surface area (Å²) < 4.78 is 0. The van der Waals surface area contributed by atoms with Gasteiger partial charge in [0, 0.05) is 50.5 Å². The number of carbonyl (C=O) groups excluding carboxylic acids is 2. The van der Waals surface area contributed by atoms with Gasteiger partial charge >= 0.3 is 0 Å². The van der Waals surface area contributed by atoms with E-state index in [2.05, 4.69) is 25.1 Å². The highest BCUT2D eigenvalue weighted by Gasteiger charge is 2.50. The Morgan fingerprint density at radius 3 is 2.72 bits per heavy atom. The molecule has 2 amide bonds. The molecule has 4 atom stereocenters. The van der Waals surface area contributed by atoms with Crippen LogP contribution in [0.15, 0.2) is 18.6 Å². The number of hydrogen-bond donors (Lipinski definition) is 1. The van der Waals surface area contributed by atoms with E-state index in [1.807, 2.05) is 0 Å². The zero-order valence-corrected chi connectivity index (χ0v) is 17.0. The predicted octanol–water partition coefficient (Wildman–Crippen LogP) is 1.85. The lowest BCUT2D eigenvalue weighted by Gasteiger charge is -2.57. The third-order valence-corrected chi connectivity index (χ3v) is 7.63. The highest BCUT2D eigenvalue weighted by molar-refractivity contribution is 5.91. The maximum absolute atomic E-state index is 12.9. The third kappa shape index (κ3) is 3.65. The molecule has 1 aromatic rings. The van der Waals surface area contributed by atoms with Crippen molar-refractivity contribution in [3.05, 3.63) is 24.3 Å². The van der Waals surface area contributed by atoms with Gasteiger partial charge in [-0.05, 0) is 43.9 Å². The largest absolute Gasteiger partial charge is 0.349 e. The Labute approximate surface area is 172 Å². The topological polar surface area (TPSA) is 78.4 Å². The lowest BCUT2D eigenvalue weighted by molar-refractivity contribution is -0.153. The molecule has 1 N–H and O–H groups in total. The van der Waals surface area contributed by atoms with Crippen molar-refractivity contribution in [3.63, 3.8) is 0 Å². The SMILES string of the molecule is O=C(NC[C@H]1[C@H]2C[C@H](CN(C3CCCC3)C2)[C@@H]2CCCC(=O)N21)c1cnccn1. The number of amides is 2.